The van der Waals surface area contributed by atoms with Crippen LogP contribution in [-0.4, -0.2) is 22.1 Å². The number of carboxylic acids is 1. The highest BCUT2D eigenvalue weighted by Gasteiger charge is 2.10. The molecule has 1 aromatic carbocycles. The van der Waals surface area contributed by atoms with Crippen LogP contribution in [-0.2, 0) is 4.79 Å². The van der Waals surface area contributed by atoms with Gasteiger partial charge in [-0.15, -0.1) is 6.58 Å². The fourth-order valence-electron chi connectivity index (χ4n) is 1.13. The fourth-order valence-corrected chi connectivity index (χ4v) is 1.13. The highest BCUT2D eigenvalue weighted by Crippen LogP contribution is 2.21. The summed E-state index contributed by atoms with van der Waals surface area (Å²) >= 11 is 0. The number of amides is 1. The minimum absolute atomic E-state index is 0.154. The molecular weight excluding hydrogens is 210 g/mol. The second kappa shape index (κ2) is 4.97. The predicted molar refractivity (Wildman–Crippen MR) is 58.5 cm³/mol. The number of aromatic hydroxyl groups is 1. The van der Waals surface area contributed by atoms with Crippen molar-refractivity contribution in [1.29, 1.82) is 0 Å². The molecule has 0 saturated carbocycles. The van der Waals surface area contributed by atoms with Gasteiger partial charge in [0.05, 0.1) is 0 Å². The summed E-state index contributed by atoms with van der Waals surface area (Å²) in [5.41, 5.74) is 0.135. The second-order valence-electron chi connectivity index (χ2n) is 3.08. The molecule has 0 aliphatic heterocycles. The number of benzene rings is 1. The number of carbonyl (C=O) groups is 2. The maximum absolute atomic E-state index is 11.2. The Morgan fingerprint density at radius 2 is 2.12 bits per heavy atom. The van der Waals surface area contributed by atoms with Crippen LogP contribution in [0.2, 0.25) is 0 Å². The quantitative estimate of drug-likeness (QED) is 0.674. The summed E-state index contributed by atoms with van der Waals surface area (Å²) in [6.07, 6.45) is 1.60. The lowest BCUT2D eigenvalue weighted by Gasteiger charge is -2.05. The van der Waals surface area contributed by atoms with Crippen LogP contribution in [0.4, 0.5) is 5.69 Å². The van der Waals surface area contributed by atoms with E-state index in [1.807, 2.05) is 0 Å². The van der Waals surface area contributed by atoms with Crippen molar-refractivity contribution >= 4 is 17.6 Å². The van der Waals surface area contributed by atoms with E-state index in [0.29, 0.717) is 5.69 Å². The highest BCUT2D eigenvalue weighted by atomic mass is 16.4. The van der Waals surface area contributed by atoms with Crippen LogP contribution in [0.15, 0.2) is 30.9 Å². The molecule has 84 valence electrons. The van der Waals surface area contributed by atoms with Gasteiger partial charge in [0.15, 0.2) is 0 Å². The van der Waals surface area contributed by atoms with Crippen molar-refractivity contribution in [3.8, 4) is 5.75 Å². The average molecular weight is 221 g/mol. The molecule has 1 rings (SSSR count). The number of phenols is 1. The van der Waals surface area contributed by atoms with Crippen LogP contribution in [0.25, 0.3) is 0 Å². The van der Waals surface area contributed by atoms with Crippen molar-refractivity contribution in [2.24, 2.45) is 0 Å². The molecule has 0 fully saturated rings. The van der Waals surface area contributed by atoms with Crippen molar-refractivity contribution < 1.29 is 19.8 Å². The lowest BCUT2D eigenvalue weighted by atomic mass is 10.2. The molecule has 0 bridgehead atoms. The molecule has 0 heterocycles. The van der Waals surface area contributed by atoms with Gasteiger partial charge in [0.2, 0.25) is 5.91 Å². The van der Waals surface area contributed by atoms with Gasteiger partial charge in [-0.25, -0.2) is 4.79 Å². The molecule has 0 spiro atoms. The number of anilines is 1. The largest absolute Gasteiger partial charge is 0.507 e. The van der Waals surface area contributed by atoms with Gasteiger partial charge < -0.3 is 15.5 Å². The van der Waals surface area contributed by atoms with Crippen LogP contribution in [0.5, 0.6) is 5.75 Å². The summed E-state index contributed by atoms with van der Waals surface area (Å²) in [5, 5.41) is 20.5. The lowest BCUT2D eigenvalue weighted by molar-refractivity contribution is -0.115. The van der Waals surface area contributed by atoms with Crippen LogP contribution < -0.4 is 5.32 Å². The summed E-state index contributed by atoms with van der Waals surface area (Å²) < 4.78 is 0. The van der Waals surface area contributed by atoms with Crippen molar-refractivity contribution in [3.05, 3.63) is 36.4 Å². The van der Waals surface area contributed by atoms with Gasteiger partial charge in [0, 0.05) is 18.2 Å². The zero-order valence-electron chi connectivity index (χ0n) is 8.43. The summed E-state index contributed by atoms with van der Waals surface area (Å²) in [7, 11) is 0. The van der Waals surface area contributed by atoms with E-state index in [4.69, 9.17) is 5.11 Å². The first-order valence-electron chi connectivity index (χ1n) is 4.51. The third-order valence-corrected chi connectivity index (χ3v) is 1.84. The van der Waals surface area contributed by atoms with Gasteiger partial charge in [-0.1, -0.05) is 6.08 Å². The lowest BCUT2D eigenvalue weighted by Crippen LogP contribution is -2.10. The van der Waals surface area contributed by atoms with Crippen molar-refractivity contribution in [3.63, 3.8) is 0 Å². The minimum Gasteiger partial charge on any atom is -0.507 e. The normalized spacial score (nSPS) is 9.50. The van der Waals surface area contributed by atoms with E-state index >= 15 is 0 Å². The molecule has 0 unspecified atom stereocenters. The Morgan fingerprint density at radius 1 is 1.44 bits per heavy atom. The first-order chi connectivity index (χ1) is 7.54. The third kappa shape index (κ3) is 2.84. The van der Waals surface area contributed by atoms with Crippen LogP contribution >= 0.6 is 0 Å². The first-order valence-corrected chi connectivity index (χ1v) is 4.51. The number of hydrogen-bond donors (Lipinski definition) is 3. The van der Waals surface area contributed by atoms with Gasteiger partial charge in [-0.2, -0.15) is 0 Å². The van der Waals surface area contributed by atoms with Crippen LogP contribution in [0.3, 0.4) is 0 Å². The Bertz CT molecular complexity index is 440. The van der Waals surface area contributed by atoms with E-state index in [2.05, 4.69) is 11.9 Å². The molecule has 3 N–H and O–H groups in total. The van der Waals surface area contributed by atoms with Gasteiger partial charge in [0.25, 0.3) is 0 Å². The summed E-state index contributed by atoms with van der Waals surface area (Å²) in [6.45, 7) is 3.41. The van der Waals surface area contributed by atoms with E-state index in [9.17, 15) is 14.7 Å². The number of rotatable bonds is 4. The van der Waals surface area contributed by atoms with Crippen LogP contribution in [0, 0.1) is 0 Å². The van der Waals surface area contributed by atoms with E-state index in [1.54, 1.807) is 0 Å². The van der Waals surface area contributed by atoms with E-state index in [-0.39, 0.29) is 23.6 Å². The van der Waals surface area contributed by atoms with E-state index < -0.39 is 5.97 Å². The number of carbonyl (C=O) groups excluding carboxylic acids is 1. The Balaban J connectivity index is 2.85. The van der Waals surface area contributed by atoms with Crippen molar-refractivity contribution in [1.82, 2.24) is 0 Å². The summed E-state index contributed by atoms with van der Waals surface area (Å²) in [4.78, 5) is 21.8. The maximum Gasteiger partial charge on any atom is 0.339 e. The molecule has 1 aromatic rings. The monoisotopic (exact) mass is 221 g/mol. The fraction of sp³-hybridized carbons (Fsp3) is 0.0909. The van der Waals surface area contributed by atoms with Gasteiger partial charge >= 0.3 is 5.97 Å². The van der Waals surface area contributed by atoms with Gasteiger partial charge in [-0.05, 0) is 12.1 Å². The number of hydrogen-bond acceptors (Lipinski definition) is 3. The standard InChI is InChI=1S/C11H11NO4/c1-2-3-10(14)12-7-4-5-8(11(15)16)9(13)6-7/h2,4-6,13H,1,3H2,(H,12,14)(H,15,16). The molecule has 0 saturated heterocycles. The smallest absolute Gasteiger partial charge is 0.339 e. The maximum atomic E-state index is 11.2. The molecule has 0 aliphatic carbocycles. The molecule has 0 aliphatic rings. The van der Waals surface area contributed by atoms with Crippen molar-refractivity contribution in [2.75, 3.05) is 5.32 Å². The van der Waals surface area contributed by atoms with E-state index in [0.717, 1.165) is 0 Å². The number of nitrogens with one attached hydrogen (secondary N) is 1. The number of aromatic carboxylic acids is 1. The average Bonchev–Trinajstić information content (AvgIpc) is 2.17. The Kier molecular flexibility index (Phi) is 3.66. The van der Waals surface area contributed by atoms with Gasteiger partial charge in [0.1, 0.15) is 11.3 Å². The Hall–Kier alpha value is -2.30. The summed E-state index contributed by atoms with van der Waals surface area (Å²) in [5.74, 6) is -1.89. The molecule has 5 nitrogen and oxygen atoms in total. The summed E-state index contributed by atoms with van der Waals surface area (Å²) in [6, 6.07) is 3.82. The third-order valence-electron chi connectivity index (χ3n) is 1.84. The van der Waals surface area contributed by atoms with Crippen molar-refractivity contribution in [2.45, 2.75) is 6.42 Å². The molecule has 0 aromatic heterocycles. The molecule has 16 heavy (non-hydrogen) atoms. The van der Waals surface area contributed by atoms with Crippen LogP contribution in [0.1, 0.15) is 16.8 Å². The first kappa shape index (κ1) is 11.8. The van der Waals surface area contributed by atoms with Gasteiger partial charge in [-0.3, -0.25) is 4.79 Å². The highest BCUT2D eigenvalue weighted by molar-refractivity contribution is 5.94. The topological polar surface area (TPSA) is 86.6 Å². The minimum atomic E-state index is -1.22. The molecule has 0 radical (unpaired) electrons. The predicted octanol–water partition coefficient (Wildman–Crippen LogP) is 1.60. The second-order valence-corrected chi connectivity index (χ2v) is 3.08. The Labute approximate surface area is 92.0 Å². The zero-order valence-corrected chi connectivity index (χ0v) is 8.43. The molecule has 5 heteroatoms. The molecular formula is C11H11NO4. The number of carboxylic acid groups (broad SMARTS) is 1. The molecule has 0 atom stereocenters. The Morgan fingerprint density at radius 3 is 2.62 bits per heavy atom. The SMILES string of the molecule is C=CCC(=O)Nc1ccc(C(=O)O)c(O)c1. The molecule has 1 amide bonds. The van der Waals surface area contributed by atoms with E-state index in [1.165, 1.54) is 24.3 Å². The zero-order chi connectivity index (χ0) is 12.1.